The Kier molecular flexibility index (Phi) is 1.89. The van der Waals surface area contributed by atoms with Crippen LogP contribution in [0.25, 0.3) is 0 Å². The molecule has 1 unspecified atom stereocenters. The third-order valence-electron chi connectivity index (χ3n) is 3.11. The van der Waals surface area contributed by atoms with Crippen molar-refractivity contribution in [1.29, 1.82) is 0 Å². The van der Waals surface area contributed by atoms with Gasteiger partial charge in [-0.3, -0.25) is 0 Å². The maximum atomic E-state index is 13.2. The van der Waals surface area contributed by atoms with E-state index in [1.165, 1.54) is 0 Å². The summed E-state index contributed by atoms with van der Waals surface area (Å²) in [5.74, 6) is -2.62. The van der Waals surface area contributed by atoms with Crippen molar-refractivity contribution in [2.45, 2.75) is 24.7 Å². The molecule has 0 spiro atoms. The summed E-state index contributed by atoms with van der Waals surface area (Å²) in [6.45, 7) is 1.87. The molecule has 0 bridgehead atoms. The average Bonchev–Trinajstić information content (AvgIpc) is 2.70. The SMILES string of the molecule is Cc1ccccc1C1(CN)CC1(F)F. The summed E-state index contributed by atoms with van der Waals surface area (Å²) < 4.78 is 26.5. The maximum absolute atomic E-state index is 13.2. The molecule has 1 atom stereocenters. The largest absolute Gasteiger partial charge is 0.329 e. The van der Waals surface area contributed by atoms with E-state index in [9.17, 15) is 8.78 Å². The maximum Gasteiger partial charge on any atom is 0.260 e. The number of hydrogen-bond donors (Lipinski definition) is 1. The standard InChI is InChI=1S/C11H13F2N/c1-8-4-2-3-5-9(8)10(7-14)6-11(10,12)13/h2-5H,6-7,14H2,1H3. The topological polar surface area (TPSA) is 26.0 Å². The van der Waals surface area contributed by atoms with E-state index in [1.54, 1.807) is 12.1 Å². The molecule has 0 radical (unpaired) electrons. The van der Waals surface area contributed by atoms with Crippen LogP contribution in [0.2, 0.25) is 0 Å². The minimum Gasteiger partial charge on any atom is -0.329 e. The van der Waals surface area contributed by atoms with Crippen molar-refractivity contribution in [2.24, 2.45) is 5.73 Å². The van der Waals surface area contributed by atoms with E-state index in [2.05, 4.69) is 0 Å². The lowest BCUT2D eigenvalue weighted by atomic mass is 9.91. The van der Waals surface area contributed by atoms with Crippen LogP contribution in [0.15, 0.2) is 24.3 Å². The smallest absolute Gasteiger partial charge is 0.260 e. The zero-order valence-electron chi connectivity index (χ0n) is 8.06. The minimum absolute atomic E-state index is 0.0187. The fraction of sp³-hybridized carbons (Fsp3) is 0.455. The van der Waals surface area contributed by atoms with Crippen LogP contribution in [-0.2, 0) is 5.41 Å². The molecule has 0 aliphatic heterocycles. The second kappa shape index (κ2) is 2.76. The van der Waals surface area contributed by atoms with Gasteiger partial charge in [-0.1, -0.05) is 24.3 Å². The molecule has 2 rings (SSSR count). The van der Waals surface area contributed by atoms with E-state index < -0.39 is 11.3 Å². The number of aryl methyl sites for hydroxylation is 1. The molecule has 1 aromatic rings. The molecule has 14 heavy (non-hydrogen) atoms. The molecule has 1 saturated carbocycles. The monoisotopic (exact) mass is 197 g/mol. The molecule has 1 aliphatic rings. The van der Waals surface area contributed by atoms with Crippen LogP contribution in [0.1, 0.15) is 17.5 Å². The zero-order chi connectivity index (χ0) is 10.4. The fourth-order valence-electron chi connectivity index (χ4n) is 2.07. The Labute approximate surface area is 81.9 Å². The van der Waals surface area contributed by atoms with E-state index in [1.807, 2.05) is 19.1 Å². The second-order valence-corrected chi connectivity index (χ2v) is 3.98. The fourth-order valence-corrected chi connectivity index (χ4v) is 2.07. The molecular weight excluding hydrogens is 184 g/mol. The van der Waals surface area contributed by atoms with Gasteiger partial charge in [0.15, 0.2) is 0 Å². The first-order valence-electron chi connectivity index (χ1n) is 4.67. The van der Waals surface area contributed by atoms with Gasteiger partial charge in [0.2, 0.25) is 0 Å². The lowest BCUT2D eigenvalue weighted by Gasteiger charge is -2.16. The van der Waals surface area contributed by atoms with Gasteiger partial charge in [0.1, 0.15) is 0 Å². The van der Waals surface area contributed by atoms with Crippen LogP contribution < -0.4 is 5.73 Å². The van der Waals surface area contributed by atoms with Crippen LogP contribution >= 0.6 is 0 Å². The predicted molar refractivity (Wildman–Crippen MR) is 51.5 cm³/mol. The zero-order valence-corrected chi connectivity index (χ0v) is 8.06. The molecule has 1 aromatic carbocycles. The second-order valence-electron chi connectivity index (χ2n) is 3.98. The van der Waals surface area contributed by atoms with Crippen molar-refractivity contribution >= 4 is 0 Å². The van der Waals surface area contributed by atoms with Crippen molar-refractivity contribution in [3.8, 4) is 0 Å². The van der Waals surface area contributed by atoms with Gasteiger partial charge in [0.05, 0.1) is 5.41 Å². The van der Waals surface area contributed by atoms with Gasteiger partial charge >= 0.3 is 0 Å². The molecule has 3 heteroatoms. The number of rotatable bonds is 2. The Morgan fingerprint density at radius 3 is 2.36 bits per heavy atom. The van der Waals surface area contributed by atoms with Gasteiger partial charge < -0.3 is 5.73 Å². The van der Waals surface area contributed by atoms with Crippen LogP contribution in [0.3, 0.4) is 0 Å². The van der Waals surface area contributed by atoms with Gasteiger partial charge in [0, 0.05) is 13.0 Å². The highest BCUT2D eigenvalue weighted by atomic mass is 19.3. The molecule has 1 fully saturated rings. The first kappa shape index (κ1) is 9.59. The van der Waals surface area contributed by atoms with Crippen molar-refractivity contribution in [2.75, 3.05) is 6.54 Å². The van der Waals surface area contributed by atoms with E-state index in [0.717, 1.165) is 5.56 Å². The number of nitrogens with two attached hydrogens (primary N) is 1. The van der Waals surface area contributed by atoms with Gasteiger partial charge in [-0.2, -0.15) is 0 Å². The summed E-state index contributed by atoms with van der Waals surface area (Å²) in [6, 6.07) is 7.24. The summed E-state index contributed by atoms with van der Waals surface area (Å²) in [7, 11) is 0. The molecule has 1 nitrogen and oxygen atoms in total. The van der Waals surface area contributed by atoms with Crippen molar-refractivity contribution in [3.63, 3.8) is 0 Å². The van der Waals surface area contributed by atoms with Crippen LogP contribution in [-0.4, -0.2) is 12.5 Å². The quantitative estimate of drug-likeness (QED) is 0.773. The first-order chi connectivity index (χ1) is 6.53. The molecular formula is C11H13F2N. The average molecular weight is 197 g/mol. The molecule has 2 N–H and O–H groups in total. The Hall–Kier alpha value is -0.960. The highest BCUT2D eigenvalue weighted by Gasteiger charge is 2.71. The van der Waals surface area contributed by atoms with Crippen LogP contribution in [0.4, 0.5) is 8.78 Å². The van der Waals surface area contributed by atoms with Crippen molar-refractivity contribution in [3.05, 3.63) is 35.4 Å². The Morgan fingerprint density at radius 2 is 1.93 bits per heavy atom. The molecule has 76 valence electrons. The molecule has 0 amide bonds. The van der Waals surface area contributed by atoms with Crippen molar-refractivity contribution < 1.29 is 8.78 Å². The normalized spacial score (nSPS) is 28.9. The highest BCUT2D eigenvalue weighted by Crippen LogP contribution is 2.61. The third kappa shape index (κ3) is 1.08. The van der Waals surface area contributed by atoms with E-state index in [-0.39, 0.29) is 13.0 Å². The van der Waals surface area contributed by atoms with Crippen LogP contribution in [0, 0.1) is 6.92 Å². The summed E-state index contributed by atoms with van der Waals surface area (Å²) >= 11 is 0. The minimum atomic E-state index is -2.62. The van der Waals surface area contributed by atoms with Crippen LogP contribution in [0.5, 0.6) is 0 Å². The summed E-state index contributed by atoms with van der Waals surface area (Å²) in [4.78, 5) is 0. The van der Waals surface area contributed by atoms with Gasteiger partial charge in [-0.05, 0) is 18.1 Å². The first-order valence-corrected chi connectivity index (χ1v) is 4.67. The summed E-state index contributed by atoms with van der Waals surface area (Å²) in [6.07, 6.45) is -0.110. The number of benzene rings is 1. The highest BCUT2D eigenvalue weighted by molar-refractivity contribution is 5.43. The summed E-state index contributed by atoms with van der Waals surface area (Å²) in [5.41, 5.74) is 5.98. The predicted octanol–water partition coefficient (Wildman–Crippen LogP) is 2.23. The summed E-state index contributed by atoms with van der Waals surface area (Å²) in [5, 5.41) is 0. The Bertz CT molecular complexity index is 362. The number of hydrogen-bond acceptors (Lipinski definition) is 1. The Balaban J connectivity index is 2.46. The molecule has 0 aromatic heterocycles. The lowest BCUT2D eigenvalue weighted by Crippen LogP contribution is -2.27. The van der Waals surface area contributed by atoms with E-state index >= 15 is 0 Å². The number of halogens is 2. The molecule has 0 heterocycles. The lowest BCUT2D eigenvalue weighted by molar-refractivity contribution is 0.0894. The number of alkyl halides is 2. The van der Waals surface area contributed by atoms with Gasteiger partial charge in [-0.15, -0.1) is 0 Å². The van der Waals surface area contributed by atoms with E-state index in [4.69, 9.17) is 5.73 Å². The molecule has 1 aliphatic carbocycles. The van der Waals surface area contributed by atoms with E-state index in [0.29, 0.717) is 5.56 Å². The Morgan fingerprint density at radius 1 is 1.36 bits per heavy atom. The van der Waals surface area contributed by atoms with Gasteiger partial charge in [-0.25, -0.2) is 8.78 Å². The third-order valence-corrected chi connectivity index (χ3v) is 3.11. The van der Waals surface area contributed by atoms with Crippen molar-refractivity contribution in [1.82, 2.24) is 0 Å². The van der Waals surface area contributed by atoms with Gasteiger partial charge in [0.25, 0.3) is 5.92 Å². The molecule has 0 saturated heterocycles.